The first-order chi connectivity index (χ1) is 10.2. The Labute approximate surface area is 130 Å². The van der Waals surface area contributed by atoms with Gasteiger partial charge in [0.2, 0.25) is 5.91 Å². The van der Waals surface area contributed by atoms with Crippen LogP contribution in [0.1, 0.15) is 40.5 Å². The van der Waals surface area contributed by atoms with Crippen LogP contribution in [0.25, 0.3) is 0 Å². The number of urea groups is 1. The summed E-state index contributed by atoms with van der Waals surface area (Å²) in [4.78, 5) is 25.5. The fraction of sp³-hybridized carbons (Fsp3) is 0.667. The summed E-state index contributed by atoms with van der Waals surface area (Å²) in [5.41, 5.74) is 5.87. The highest BCUT2D eigenvalue weighted by Crippen LogP contribution is 2.23. The lowest BCUT2D eigenvalue weighted by Crippen LogP contribution is -2.50. The van der Waals surface area contributed by atoms with Gasteiger partial charge in [-0.15, -0.1) is 0 Å². The fourth-order valence-corrected chi connectivity index (χ4v) is 2.57. The van der Waals surface area contributed by atoms with E-state index < -0.39 is 0 Å². The van der Waals surface area contributed by atoms with Gasteiger partial charge in [-0.1, -0.05) is 0 Å². The van der Waals surface area contributed by atoms with E-state index in [1.165, 1.54) is 0 Å². The predicted molar refractivity (Wildman–Crippen MR) is 84.3 cm³/mol. The van der Waals surface area contributed by atoms with Crippen molar-refractivity contribution in [2.45, 2.75) is 52.1 Å². The fourth-order valence-electron chi connectivity index (χ4n) is 2.57. The SMILES string of the molecule is C[C@H]1CC[C@@H](C(N)=O)CN1C(=O)Nc1cnn(C(C)(C)C)c1. The van der Waals surface area contributed by atoms with Crippen LogP contribution in [0.15, 0.2) is 12.4 Å². The Balaban J connectivity index is 2.04. The second-order valence-electron chi connectivity index (χ2n) is 6.95. The summed E-state index contributed by atoms with van der Waals surface area (Å²) in [5, 5.41) is 7.10. The van der Waals surface area contributed by atoms with E-state index in [1.807, 2.05) is 27.7 Å². The van der Waals surface area contributed by atoms with Crippen LogP contribution in [-0.2, 0) is 10.3 Å². The second kappa shape index (κ2) is 5.98. The first-order valence-electron chi connectivity index (χ1n) is 7.60. The van der Waals surface area contributed by atoms with Crippen molar-refractivity contribution in [3.05, 3.63) is 12.4 Å². The molecule has 3 amide bonds. The monoisotopic (exact) mass is 307 g/mol. The van der Waals surface area contributed by atoms with Gasteiger partial charge in [0.05, 0.1) is 23.3 Å². The standard InChI is InChI=1S/C15H25N5O2/c1-10-5-6-11(13(16)21)8-19(10)14(22)18-12-7-17-20(9-12)15(2,3)4/h7,9-11H,5-6,8H2,1-4H3,(H2,16,21)(H,18,22)/t10-,11+/m0/s1. The van der Waals surface area contributed by atoms with E-state index in [4.69, 9.17) is 5.73 Å². The number of nitrogens with one attached hydrogen (secondary N) is 1. The Bertz CT molecular complexity index is 561. The van der Waals surface area contributed by atoms with E-state index in [2.05, 4.69) is 10.4 Å². The van der Waals surface area contributed by atoms with Gasteiger partial charge in [-0.3, -0.25) is 9.48 Å². The summed E-state index contributed by atoms with van der Waals surface area (Å²) >= 11 is 0. The van der Waals surface area contributed by atoms with E-state index in [0.717, 1.165) is 12.8 Å². The van der Waals surface area contributed by atoms with Gasteiger partial charge < -0.3 is 16.0 Å². The third-order valence-electron chi connectivity index (χ3n) is 4.07. The Morgan fingerprint density at radius 1 is 1.36 bits per heavy atom. The number of rotatable bonds is 2. The normalized spacial score (nSPS) is 22.5. The maximum absolute atomic E-state index is 12.4. The van der Waals surface area contributed by atoms with Crippen molar-refractivity contribution in [2.75, 3.05) is 11.9 Å². The van der Waals surface area contributed by atoms with Crippen molar-refractivity contribution in [2.24, 2.45) is 11.7 Å². The number of carbonyl (C=O) groups is 2. The van der Waals surface area contributed by atoms with E-state index in [0.29, 0.717) is 12.2 Å². The molecule has 0 radical (unpaired) electrons. The molecule has 3 N–H and O–H groups in total. The Morgan fingerprint density at radius 2 is 2.05 bits per heavy atom. The van der Waals surface area contributed by atoms with Gasteiger partial charge in [-0.2, -0.15) is 5.10 Å². The number of nitrogens with two attached hydrogens (primary N) is 1. The zero-order valence-corrected chi connectivity index (χ0v) is 13.7. The molecule has 7 heteroatoms. The van der Waals surface area contributed by atoms with Crippen LogP contribution in [0.5, 0.6) is 0 Å². The number of carbonyl (C=O) groups excluding carboxylic acids is 2. The molecule has 1 aromatic rings. The summed E-state index contributed by atoms with van der Waals surface area (Å²) < 4.78 is 1.80. The van der Waals surface area contributed by atoms with Gasteiger partial charge in [0.25, 0.3) is 0 Å². The van der Waals surface area contributed by atoms with Crippen LogP contribution < -0.4 is 11.1 Å². The smallest absolute Gasteiger partial charge is 0.322 e. The molecule has 0 bridgehead atoms. The molecule has 0 saturated carbocycles. The highest BCUT2D eigenvalue weighted by atomic mass is 16.2. The van der Waals surface area contributed by atoms with Gasteiger partial charge in [-0.25, -0.2) is 4.79 Å². The molecular weight excluding hydrogens is 282 g/mol. The van der Waals surface area contributed by atoms with E-state index in [1.54, 1.807) is 22.0 Å². The summed E-state index contributed by atoms with van der Waals surface area (Å²) in [6.07, 6.45) is 4.95. The third-order valence-corrected chi connectivity index (χ3v) is 4.07. The Hall–Kier alpha value is -2.05. The van der Waals surface area contributed by atoms with Gasteiger partial charge in [-0.05, 0) is 40.5 Å². The van der Waals surface area contributed by atoms with Crippen molar-refractivity contribution in [1.82, 2.24) is 14.7 Å². The lowest BCUT2D eigenvalue weighted by atomic mass is 9.93. The maximum Gasteiger partial charge on any atom is 0.322 e. The minimum Gasteiger partial charge on any atom is -0.369 e. The van der Waals surface area contributed by atoms with E-state index in [9.17, 15) is 9.59 Å². The number of likely N-dealkylation sites (tertiary alicyclic amines) is 1. The highest BCUT2D eigenvalue weighted by Gasteiger charge is 2.31. The zero-order valence-electron chi connectivity index (χ0n) is 13.7. The van der Waals surface area contributed by atoms with Gasteiger partial charge in [0, 0.05) is 18.8 Å². The van der Waals surface area contributed by atoms with Crippen LogP contribution in [0, 0.1) is 5.92 Å². The van der Waals surface area contributed by atoms with Gasteiger partial charge >= 0.3 is 6.03 Å². The summed E-state index contributed by atoms with van der Waals surface area (Å²) in [6, 6.07) is -0.125. The van der Waals surface area contributed by atoms with Crippen LogP contribution in [0.4, 0.5) is 10.5 Å². The largest absolute Gasteiger partial charge is 0.369 e. The third kappa shape index (κ3) is 3.58. The lowest BCUT2D eigenvalue weighted by Gasteiger charge is -2.36. The molecule has 1 saturated heterocycles. The summed E-state index contributed by atoms with van der Waals surface area (Å²) in [5.74, 6) is -0.607. The number of amides is 3. The maximum atomic E-state index is 12.4. The average molecular weight is 307 g/mol. The molecule has 1 fully saturated rings. The average Bonchev–Trinajstić information content (AvgIpc) is 2.87. The molecule has 0 unspecified atom stereocenters. The molecule has 1 aliphatic rings. The second-order valence-corrected chi connectivity index (χ2v) is 6.95. The molecule has 22 heavy (non-hydrogen) atoms. The molecular formula is C15H25N5O2. The molecule has 0 aromatic carbocycles. The molecule has 7 nitrogen and oxygen atoms in total. The van der Waals surface area contributed by atoms with Crippen LogP contribution in [0.3, 0.4) is 0 Å². The molecule has 1 aliphatic heterocycles. The number of anilines is 1. The number of nitrogens with zero attached hydrogens (tertiary/aromatic N) is 3. The number of piperidine rings is 1. The molecule has 1 aromatic heterocycles. The minimum absolute atomic E-state index is 0.0910. The molecule has 0 spiro atoms. The van der Waals surface area contributed by atoms with Crippen LogP contribution in [0.2, 0.25) is 0 Å². The molecule has 2 rings (SSSR count). The number of aromatic nitrogens is 2. The number of hydrogen-bond donors (Lipinski definition) is 2. The highest BCUT2D eigenvalue weighted by molar-refractivity contribution is 5.90. The van der Waals surface area contributed by atoms with Crippen molar-refractivity contribution >= 4 is 17.6 Å². The lowest BCUT2D eigenvalue weighted by molar-refractivity contribution is -0.123. The summed E-state index contributed by atoms with van der Waals surface area (Å²) in [7, 11) is 0. The van der Waals surface area contributed by atoms with Crippen LogP contribution >= 0.6 is 0 Å². The van der Waals surface area contributed by atoms with Crippen molar-refractivity contribution < 1.29 is 9.59 Å². The predicted octanol–water partition coefficient (Wildman–Crippen LogP) is 1.76. The minimum atomic E-state index is -0.342. The molecule has 2 atom stereocenters. The van der Waals surface area contributed by atoms with Crippen molar-refractivity contribution in [1.29, 1.82) is 0 Å². The number of hydrogen-bond acceptors (Lipinski definition) is 3. The van der Waals surface area contributed by atoms with Crippen LogP contribution in [-0.4, -0.2) is 39.2 Å². The van der Waals surface area contributed by atoms with Gasteiger partial charge in [0.1, 0.15) is 0 Å². The van der Waals surface area contributed by atoms with E-state index >= 15 is 0 Å². The zero-order chi connectivity index (χ0) is 16.5. The molecule has 2 heterocycles. The van der Waals surface area contributed by atoms with E-state index in [-0.39, 0.29) is 29.4 Å². The quantitative estimate of drug-likeness (QED) is 0.871. The Kier molecular flexibility index (Phi) is 4.44. The number of primary amides is 1. The van der Waals surface area contributed by atoms with Crippen molar-refractivity contribution in [3.63, 3.8) is 0 Å². The van der Waals surface area contributed by atoms with Crippen molar-refractivity contribution in [3.8, 4) is 0 Å². The Morgan fingerprint density at radius 3 is 2.59 bits per heavy atom. The molecule has 0 aliphatic carbocycles. The first kappa shape index (κ1) is 16.3. The topological polar surface area (TPSA) is 93.2 Å². The molecule has 122 valence electrons. The first-order valence-corrected chi connectivity index (χ1v) is 7.60. The van der Waals surface area contributed by atoms with Gasteiger partial charge in [0.15, 0.2) is 0 Å². The summed E-state index contributed by atoms with van der Waals surface area (Å²) in [6.45, 7) is 8.46.